The molecule has 0 saturated heterocycles. The van der Waals surface area contributed by atoms with Gasteiger partial charge in [0.2, 0.25) is 0 Å². The summed E-state index contributed by atoms with van der Waals surface area (Å²) in [5, 5.41) is 0. The standard InChI is InChI=1S/C13H14BrN3/c1-9-7-17-13(8-16-9)12(15)6-10-3-2-4-11(14)5-10/h2-5,7-8,12H,6,15H2,1H3. The van der Waals surface area contributed by atoms with E-state index in [0.29, 0.717) is 0 Å². The Bertz CT molecular complexity index is 496. The monoisotopic (exact) mass is 291 g/mol. The Hall–Kier alpha value is -1.26. The Balaban J connectivity index is 2.11. The molecule has 0 fully saturated rings. The number of hydrogen-bond acceptors (Lipinski definition) is 3. The zero-order valence-electron chi connectivity index (χ0n) is 9.60. The third kappa shape index (κ3) is 3.35. The predicted molar refractivity (Wildman–Crippen MR) is 71.5 cm³/mol. The van der Waals surface area contributed by atoms with Gasteiger partial charge in [0.15, 0.2) is 0 Å². The van der Waals surface area contributed by atoms with Crippen molar-refractivity contribution in [3.8, 4) is 0 Å². The lowest BCUT2D eigenvalue weighted by Crippen LogP contribution is -2.15. The van der Waals surface area contributed by atoms with E-state index in [9.17, 15) is 0 Å². The highest BCUT2D eigenvalue weighted by molar-refractivity contribution is 9.10. The van der Waals surface area contributed by atoms with Gasteiger partial charge in [-0.2, -0.15) is 0 Å². The van der Waals surface area contributed by atoms with Crippen molar-refractivity contribution >= 4 is 15.9 Å². The van der Waals surface area contributed by atoms with E-state index in [1.165, 1.54) is 5.56 Å². The van der Waals surface area contributed by atoms with E-state index >= 15 is 0 Å². The Morgan fingerprint density at radius 3 is 2.76 bits per heavy atom. The lowest BCUT2D eigenvalue weighted by atomic mass is 10.0. The van der Waals surface area contributed by atoms with Gasteiger partial charge in [-0.15, -0.1) is 0 Å². The first-order valence-corrected chi connectivity index (χ1v) is 6.23. The zero-order chi connectivity index (χ0) is 12.3. The van der Waals surface area contributed by atoms with Crippen LogP contribution in [0.3, 0.4) is 0 Å². The first-order valence-electron chi connectivity index (χ1n) is 5.44. The predicted octanol–water partition coefficient (Wildman–Crippen LogP) is 2.79. The number of benzene rings is 1. The van der Waals surface area contributed by atoms with Gasteiger partial charge in [-0.25, -0.2) is 0 Å². The molecule has 4 heteroatoms. The van der Waals surface area contributed by atoms with Crippen LogP contribution in [0.5, 0.6) is 0 Å². The second-order valence-corrected chi connectivity index (χ2v) is 4.94. The minimum Gasteiger partial charge on any atom is -0.322 e. The minimum atomic E-state index is -0.114. The molecule has 2 aromatic rings. The zero-order valence-corrected chi connectivity index (χ0v) is 11.2. The fourth-order valence-electron chi connectivity index (χ4n) is 1.62. The van der Waals surface area contributed by atoms with E-state index in [4.69, 9.17) is 5.73 Å². The lowest BCUT2D eigenvalue weighted by molar-refractivity contribution is 0.689. The summed E-state index contributed by atoms with van der Waals surface area (Å²) in [5.74, 6) is 0. The van der Waals surface area contributed by atoms with Gasteiger partial charge in [0.05, 0.1) is 23.6 Å². The van der Waals surface area contributed by atoms with Gasteiger partial charge in [-0.3, -0.25) is 9.97 Å². The van der Waals surface area contributed by atoms with Crippen LogP contribution in [0.25, 0.3) is 0 Å². The van der Waals surface area contributed by atoms with Crippen molar-refractivity contribution in [2.45, 2.75) is 19.4 Å². The van der Waals surface area contributed by atoms with E-state index in [2.05, 4.69) is 38.0 Å². The summed E-state index contributed by atoms with van der Waals surface area (Å²) >= 11 is 3.45. The minimum absolute atomic E-state index is 0.114. The highest BCUT2D eigenvalue weighted by atomic mass is 79.9. The van der Waals surface area contributed by atoms with Crippen LogP contribution in [-0.4, -0.2) is 9.97 Å². The molecule has 0 aliphatic carbocycles. The molecule has 2 N–H and O–H groups in total. The quantitative estimate of drug-likeness (QED) is 0.946. The van der Waals surface area contributed by atoms with Gasteiger partial charge >= 0.3 is 0 Å². The topological polar surface area (TPSA) is 51.8 Å². The number of halogens is 1. The van der Waals surface area contributed by atoms with E-state index in [1.807, 2.05) is 19.1 Å². The number of rotatable bonds is 3. The van der Waals surface area contributed by atoms with Crippen LogP contribution in [0.1, 0.15) is 23.0 Å². The van der Waals surface area contributed by atoms with Gasteiger partial charge < -0.3 is 5.73 Å². The smallest absolute Gasteiger partial charge is 0.0757 e. The fraction of sp³-hybridized carbons (Fsp3) is 0.231. The Morgan fingerprint density at radius 2 is 2.12 bits per heavy atom. The maximum atomic E-state index is 6.11. The van der Waals surface area contributed by atoms with Crippen molar-refractivity contribution in [3.05, 3.63) is 58.1 Å². The second kappa shape index (κ2) is 5.38. The van der Waals surface area contributed by atoms with Crippen molar-refractivity contribution in [2.24, 2.45) is 5.73 Å². The van der Waals surface area contributed by atoms with Gasteiger partial charge in [0.1, 0.15) is 0 Å². The fourth-order valence-corrected chi connectivity index (χ4v) is 2.06. The molecule has 1 atom stereocenters. The normalized spacial score (nSPS) is 12.4. The van der Waals surface area contributed by atoms with Crippen molar-refractivity contribution < 1.29 is 0 Å². The number of nitrogens with zero attached hydrogens (tertiary/aromatic N) is 2. The van der Waals surface area contributed by atoms with E-state index < -0.39 is 0 Å². The van der Waals surface area contributed by atoms with Crippen molar-refractivity contribution in [3.63, 3.8) is 0 Å². The van der Waals surface area contributed by atoms with E-state index in [0.717, 1.165) is 22.3 Å². The molecule has 3 nitrogen and oxygen atoms in total. The Kier molecular flexibility index (Phi) is 3.86. The molecule has 2 rings (SSSR count). The Morgan fingerprint density at radius 1 is 1.29 bits per heavy atom. The largest absolute Gasteiger partial charge is 0.322 e. The first kappa shape index (κ1) is 12.2. The molecular formula is C13H14BrN3. The van der Waals surface area contributed by atoms with Gasteiger partial charge in [0, 0.05) is 10.7 Å². The van der Waals surface area contributed by atoms with Crippen molar-refractivity contribution in [1.29, 1.82) is 0 Å². The summed E-state index contributed by atoms with van der Waals surface area (Å²) in [5.41, 5.74) is 9.03. The summed E-state index contributed by atoms with van der Waals surface area (Å²) < 4.78 is 1.07. The third-order valence-electron chi connectivity index (χ3n) is 2.53. The molecule has 0 saturated carbocycles. The summed E-state index contributed by atoms with van der Waals surface area (Å²) in [6.07, 6.45) is 4.26. The number of nitrogens with two attached hydrogens (primary N) is 1. The molecule has 0 aliphatic rings. The molecular weight excluding hydrogens is 278 g/mol. The van der Waals surface area contributed by atoms with Crippen LogP contribution in [0.2, 0.25) is 0 Å². The molecule has 0 spiro atoms. The third-order valence-corrected chi connectivity index (χ3v) is 3.02. The van der Waals surface area contributed by atoms with Crippen LogP contribution >= 0.6 is 15.9 Å². The molecule has 0 amide bonds. The van der Waals surface area contributed by atoms with Gasteiger partial charge in [-0.05, 0) is 31.0 Å². The number of aryl methyl sites for hydroxylation is 1. The molecule has 17 heavy (non-hydrogen) atoms. The molecule has 1 heterocycles. The number of hydrogen-bond donors (Lipinski definition) is 1. The van der Waals surface area contributed by atoms with Gasteiger partial charge in [0.25, 0.3) is 0 Å². The average molecular weight is 292 g/mol. The highest BCUT2D eigenvalue weighted by Crippen LogP contribution is 2.17. The summed E-state index contributed by atoms with van der Waals surface area (Å²) in [7, 11) is 0. The second-order valence-electron chi connectivity index (χ2n) is 4.02. The molecule has 0 aliphatic heterocycles. The molecule has 0 radical (unpaired) electrons. The summed E-state index contributed by atoms with van der Waals surface area (Å²) in [4.78, 5) is 8.51. The average Bonchev–Trinajstić information content (AvgIpc) is 2.29. The molecule has 1 aromatic heterocycles. The summed E-state index contributed by atoms with van der Waals surface area (Å²) in [6, 6.07) is 8.03. The van der Waals surface area contributed by atoms with E-state index in [1.54, 1.807) is 12.4 Å². The van der Waals surface area contributed by atoms with Crippen molar-refractivity contribution in [1.82, 2.24) is 9.97 Å². The van der Waals surface area contributed by atoms with Crippen molar-refractivity contribution in [2.75, 3.05) is 0 Å². The van der Waals surface area contributed by atoms with Crippen LogP contribution < -0.4 is 5.73 Å². The number of aromatic nitrogens is 2. The van der Waals surface area contributed by atoms with Crippen LogP contribution in [0, 0.1) is 6.92 Å². The SMILES string of the molecule is Cc1cnc(C(N)Cc2cccc(Br)c2)cn1. The first-order chi connectivity index (χ1) is 8.15. The summed E-state index contributed by atoms with van der Waals surface area (Å²) in [6.45, 7) is 1.91. The molecule has 1 unspecified atom stereocenters. The van der Waals surface area contributed by atoms with Crippen LogP contribution in [0.15, 0.2) is 41.1 Å². The van der Waals surface area contributed by atoms with E-state index in [-0.39, 0.29) is 6.04 Å². The highest BCUT2D eigenvalue weighted by Gasteiger charge is 2.09. The lowest BCUT2D eigenvalue weighted by Gasteiger charge is -2.11. The molecule has 0 bridgehead atoms. The Labute approximate surface area is 109 Å². The van der Waals surface area contributed by atoms with Crippen LogP contribution in [-0.2, 0) is 6.42 Å². The molecule has 88 valence electrons. The maximum Gasteiger partial charge on any atom is 0.0757 e. The maximum absolute atomic E-state index is 6.11. The van der Waals surface area contributed by atoms with Gasteiger partial charge in [-0.1, -0.05) is 28.1 Å². The molecule has 1 aromatic carbocycles. The van der Waals surface area contributed by atoms with Crippen LogP contribution in [0.4, 0.5) is 0 Å².